The van der Waals surface area contributed by atoms with Crippen LogP contribution in [0.25, 0.3) is 0 Å². The molecule has 0 aromatic heterocycles. The highest BCUT2D eigenvalue weighted by Gasteiger charge is 2.06. The SMILES string of the molecule is COc1ccc(Oc2ccc(NC(C)C(C)C)cc2)cc1. The first-order chi connectivity index (χ1) is 10.1. The molecule has 1 atom stereocenters. The van der Waals surface area contributed by atoms with Crippen molar-refractivity contribution >= 4 is 5.69 Å². The van der Waals surface area contributed by atoms with Gasteiger partial charge in [0, 0.05) is 11.7 Å². The quantitative estimate of drug-likeness (QED) is 0.815. The lowest BCUT2D eigenvalue weighted by molar-refractivity contribution is 0.413. The first kappa shape index (κ1) is 15.2. The number of methoxy groups -OCH3 is 1. The van der Waals surface area contributed by atoms with Gasteiger partial charge in [0.15, 0.2) is 0 Å². The van der Waals surface area contributed by atoms with E-state index < -0.39 is 0 Å². The van der Waals surface area contributed by atoms with Crippen molar-refractivity contribution in [2.45, 2.75) is 26.8 Å². The van der Waals surface area contributed by atoms with Crippen LogP contribution in [-0.4, -0.2) is 13.2 Å². The Bertz CT molecular complexity index is 546. The molecule has 0 bridgehead atoms. The highest BCUT2D eigenvalue weighted by molar-refractivity contribution is 5.48. The van der Waals surface area contributed by atoms with Crippen LogP contribution in [0.2, 0.25) is 0 Å². The Hall–Kier alpha value is -2.16. The molecular formula is C18H23NO2. The number of anilines is 1. The Labute approximate surface area is 126 Å². The van der Waals surface area contributed by atoms with Crippen molar-refractivity contribution in [2.75, 3.05) is 12.4 Å². The molecule has 2 rings (SSSR count). The standard InChI is InChI=1S/C18H23NO2/c1-13(2)14(3)19-15-5-7-17(8-6-15)21-18-11-9-16(20-4)10-12-18/h5-14,19H,1-4H3. The van der Waals surface area contributed by atoms with Crippen molar-refractivity contribution in [2.24, 2.45) is 5.92 Å². The monoisotopic (exact) mass is 285 g/mol. The lowest BCUT2D eigenvalue weighted by Crippen LogP contribution is -2.21. The first-order valence-corrected chi connectivity index (χ1v) is 7.27. The van der Waals surface area contributed by atoms with E-state index in [1.54, 1.807) is 7.11 Å². The number of rotatable bonds is 6. The second kappa shape index (κ2) is 7.02. The van der Waals surface area contributed by atoms with Gasteiger partial charge in [-0.05, 0) is 61.4 Å². The van der Waals surface area contributed by atoms with Crippen molar-refractivity contribution in [1.29, 1.82) is 0 Å². The van der Waals surface area contributed by atoms with Gasteiger partial charge in [-0.3, -0.25) is 0 Å². The van der Waals surface area contributed by atoms with Crippen LogP contribution in [0.1, 0.15) is 20.8 Å². The molecule has 0 saturated heterocycles. The molecule has 2 aromatic rings. The molecule has 0 radical (unpaired) electrons. The third kappa shape index (κ3) is 4.42. The van der Waals surface area contributed by atoms with Gasteiger partial charge in [0.05, 0.1) is 7.11 Å². The summed E-state index contributed by atoms with van der Waals surface area (Å²) >= 11 is 0. The second-order valence-corrected chi connectivity index (χ2v) is 5.48. The molecule has 0 spiro atoms. The number of hydrogen-bond acceptors (Lipinski definition) is 3. The number of hydrogen-bond donors (Lipinski definition) is 1. The summed E-state index contributed by atoms with van der Waals surface area (Å²) in [5, 5.41) is 3.48. The fourth-order valence-electron chi connectivity index (χ4n) is 1.83. The van der Waals surface area contributed by atoms with Crippen LogP contribution < -0.4 is 14.8 Å². The molecule has 21 heavy (non-hydrogen) atoms. The molecule has 0 aliphatic rings. The van der Waals surface area contributed by atoms with Crippen LogP contribution >= 0.6 is 0 Å². The highest BCUT2D eigenvalue weighted by Crippen LogP contribution is 2.25. The normalized spacial score (nSPS) is 12.0. The Morgan fingerprint density at radius 3 is 1.71 bits per heavy atom. The molecule has 2 aromatic carbocycles. The first-order valence-electron chi connectivity index (χ1n) is 7.27. The van der Waals surface area contributed by atoms with Crippen molar-refractivity contribution in [1.82, 2.24) is 0 Å². The maximum atomic E-state index is 5.80. The second-order valence-electron chi connectivity index (χ2n) is 5.48. The Morgan fingerprint density at radius 1 is 0.762 bits per heavy atom. The summed E-state index contributed by atoms with van der Waals surface area (Å²) < 4.78 is 10.9. The molecule has 0 aliphatic heterocycles. The molecule has 3 nitrogen and oxygen atoms in total. The molecule has 0 amide bonds. The minimum atomic E-state index is 0.443. The maximum Gasteiger partial charge on any atom is 0.127 e. The highest BCUT2D eigenvalue weighted by atomic mass is 16.5. The molecule has 1 N–H and O–H groups in total. The summed E-state index contributed by atoms with van der Waals surface area (Å²) in [6.45, 7) is 6.60. The van der Waals surface area contributed by atoms with Gasteiger partial charge in [0.1, 0.15) is 17.2 Å². The summed E-state index contributed by atoms with van der Waals surface area (Å²) in [6.07, 6.45) is 0. The van der Waals surface area contributed by atoms with Crippen molar-refractivity contribution in [3.8, 4) is 17.2 Å². The summed E-state index contributed by atoms with van der Waals surface area (Å²) in [6, 6.07) is 16.0. The van der Waals surface area contributed by atoms with E-state index in [2.05, 4.69) is 26.1 Å². The largest absolute Gasteiger partial charge is 0.497 e. The zero-order chi connectivity index (χ0) is 15.2. The predicted octanol–water partition coefficient (Wildman–Crippen LogP) is 4.94. The van der Waals surface area contributed by atoms with E-state index in [-0.39, 0.29) is 0 Å². The molecular weight excluding hydrogens is 262 g/mol. The van der Waals surface area contributed by atoms with Crippen LogP contribution in [0.15, 0.2) is 48.5 Å². The molecule has 0 aliphatic carbocycles. The zero-order valence-electron chi connectivity index (χ0n) is 13.1. The van der Waals surface area contributed by atoms with Gasteiger partial charge in [0.25, 0.3) is 0 Å². The smallest absolute Gasteiger partial charge is 0.127 e. The van der Waals surface area contributed by atoms with Gasteiger partial charge < -0.3 is 14.8 Å². The van der Waals surface area contributed by atoms with Crippen LogP contribution in [0.4, 0.5) is 5.69 Å². The van der Waals surface area contributed by atoms with Gasteiger partial charge in [0.2, 0.25) is 0 Å². The molecule has 0 heterocycles. The Morgan fingerprint density at radius 2 is 1.24 bits per heavy atom. The zero-order valence-corrected chi connectivity index (χ0v) is 13.1. The van der Waals surface area contributed by atoms with Crippen molar-refractivity contribution in [3.05, 3.63) is 48.5 Å². The fourth-order valence-corrected chi connectivity index (χ4v) is 1.83. The molecule has 112 valence electrons. The van der Waals surface area contributed by atoms with E-state index in [4.69, 9.17) is 9.47 Å². The average Bonchev–Trinajstić information content (AvgIpc) is 2.50. The summed E-state index contributed by atoms with van der Waals surface area (Å²) in [5.41, 5.74) is 1.11. The van der Waals surface area contributed by atoms with Crippen molar-refractivity contribution < 1.29 is 9.47 Å². The molecule has 1 unspecified atom stereocenters. The Kier molecular flexibility index (Phi) is 5.09. The van der Waals surface area contributed by atoms with Gasteiger partial charge in [-0.15, -0.1) is 0 Å². The van der Waals surface area contributed by atoms with E-state index in [9.17, 15) is 0 Å². The number of nitrogens with one attached hydrogen (secondary N) is 1. The van der Waals surface area contributed by atoms with E-state index in [1.165, 1.54) is 0 Å². The minimum absolute atomic E-state index is 0.443. The Balaban J connectivity index is 1.98. The topological polar surface area (TPSA) is 30.5 Å². The van der Waals surface area contributed by atoms with E-state index in [0.717, 1.165) is 22.9 Å². The van der Waals surface area contributed by atoms with Crippen LogP contribution in [-0.2, 0) is 0 Å². The van der Waals surface area contributed by atoms with Crippen LogP contribution in [0.5, 0.6) is 17.2 Å². The van der Waals surface area contributed by atoms with Gasteiger partial charge in [-0.25, -0.2) is 0 Å². The third-order valence-electron chi connectivity index (χ3n) is 3.54. The summed E-state index contributed by atoms with van der Waals surface area (Å²) in [5.74, 6) is 3.04. The summed E-state index contributed by atoms with van der Waals surface area (Å²) in [7, 11) is 1.65. The van der Waals surface area contributed by atoms with Crippen molar-refractivity contribution in [3.63, 3.8) is 0 Å². The van der Waals surface area contributed by atoms with Crippen LogP contribution in [0.3, 0.4) is 0 Å². The lowest BCUT2D eigenvalue weighted by Gasteiger charge is -2.19. The predicted molar refractivity (Wildman–Crippen MR) is 87.4 cm³/mol. The van der Waals surface area contributed by atoms with E-state index in [1.807, 2.05) is 48.5 Å². The lowest BCUT2D eigenvalue weighted by atomic mass is 10.1. The number of ether oxygens (including phenoxy) is 2. The van der Waals surface area contributed by atoms with Crippen LogP contribution in [0, 0.1) is 5.92 Å². The fraction of sp³-hybridized carbons (Fsp3) is 0.333. The maximum absolute atomic E-state index is 5.80. The van der Waals surface area contributed by atoms with Gasteiger partial charge in [-0.2, -0.15) is 0 Å². The van der Waals surface area contributed by atoms with E-state index >= 15 is 0 Å². The molecule has 3 heteroatoms. The third-order valence-corrected chi connectivity index (χ3v) is 3.54. The number of benzene rings is 2. The van der Waals surface area contributed by atoms with Gasteiger partial charge >= 0.3 is 0 Å². The van der Waals surface area contributed by atoms with E-state index in [0.29, 0.717) is 12.0 Å². The minimum Gasteiger partial charge on any atom is -0.497 e. The molecule has 0 saturated carbocycles. The molecule has 0 fully saturated rings. The summed E-state index contributed by atoms with van der Waals surface area (Å²) in [4.78, 5) is 0. The van der Waals surface area contributed by atoms with Gasteiger partial charge in [-0.1, -0.05) is 13.8 Å². The average molecular weight is 285 g/mol.